The molecule has 0 bridgehead atoms. The minimum absolute atomic E-state index is 0.708. The van der Waals surface area contributed by atoms with Crippen molar-refractivity contribution in [3.8, 4) is 0 Å². The molecule has 1 rings (SSSR count). The van der Waals surface area contributed by atoms with Gasteiger partial charge in [-0.3, -0.25) is 0 Å². The third kappa shape index (κ3) is 2.04. The molecule has 1 aliphatic rings. The van der Waals surface area contributed by atoms with E-state index in [0.29, 0.717) is 0 Å². The molecular formula is C7H14O7. The molecule has 0 aromatic heterocycles. The van der Waals surface area contributed by atoms with Crippen LogP contribution < -0.4 is 0 Å². The van der Waals surface area contributed by atoms with Crippen LogP contribution >= 0.6 is 0 Å². The molecule has 1 aliphatic heterocycles. The van der Waals surface area contributed by atoms with Crippen LogP contribution in [-0.4, -0.2) is 74.1 Å². The second kappa shape index (κ2) is 4.49. The molecule has 0 amide bonds. The molecule has 1 saturated heterocycles. The summed E-state index contributed by atoms with van der Waals surface area (Å²) in [4.78, 5) is 0. The molecule has 7 heteroatoms. The Morgan fingerprint density at radius 1 is 1.07 bits per heavy atom. The van der Waals surface area contributed by atoms with Crippen LogP contribution in [0, 0.1) is 0 Å². The van der Waals surface area contributed by atoms with E-state index >= 15 is 0 Å². The smallest absolute Gasteiger partial charge is 0.184 e. The van der Waals surface area contributed by atoms with Crippen LogP contribution in [0.1, 0.15) is 0 Å². The van der Waals surface area contributed by atoms with Crippen molar-refractivity contribution in [1.82, 2.24) is 0 Å². The minimum atomic E-state index is -1.60. The van der Waals surface area contributed by atoms with Crippen LogP contribution in [0.3, 0.4) is 0 Å². The molecule has 6 atom stereocenters. The van der Waals surface area contributed by atoms with E-state index in [1.807, 2.05) is 0 Å². The second-order valence-corrected chi connectivity index (χ2v) is 3.21. The summed E-state index contributed by atoms with van der Waals surface area (Å²) >= 11 is 0. The van der Waals surface area contributed by atoms with Gasteiger partial charge in [0.25, 0.3) is 0 Å². The van der Waals surface area contributed by atoms with E-state index in [2.05, 4.69) is 4.74 Å². The zero-order valence-corrected chi connectivity index (χ0v) is 7.26. The Hall–Kier alpha value is -0.280. The molecule has 0 aromatic rings. The highest BCUT2D eigenvalue weighted by Gasteiger charge is 2.46. The summed E-state index contributed by atoms with van der Waals surface area (Å²) in [6.45, 7) is -0.708. The summed E-state index contributed by atoms with van der Waals surface area (Å²) < 4.78 is 4.61. The summed E-state index contributed by atoms with van der Waals surface area (Å²) in [5, 5.41) is 54.1. The largest absolute Gasteiger partial charge is 0.394 e. The highest BCUT2D eigenvalue weighted by molar-refractivity contribution is 4.92. The van der Waals surface area contributed by atoms with Crippen molar-refractivity contribution in [2.24, 2.45) is 0 Å². The van der Waals surface area contributed by atoms with Crippen LogP contribution in [0.25, 0.3) is 0 Å². The van der Waals surface area contributed by atoms with Gasteiger partial charge in [0.15, 0.2) is 6.29 Å². The van der Waals surface area contributed by atoms with Crippen LogP contribution in [0.5, 0.6) is 0 Å². The fourth-order valence-corrected chi connectivity index (χ4v) is 1.29. The molecule has 0 saturated carbocycles. The average molecular weight is 210 g/mol. The van der Waals surface area contributed by atoms with Gasteiger partial charge in [0.1, 0.15) is 30.5 Å². The molecule has 1 heterocycles. The SMILES string of the molecule is OC[C@H](O)[C@@H](O)[C@@H]1OC(O)[C@H](O)[C@H]1O. The van der Waals surface area contributed by atoms with Crippen LogP contribution in [0.4, 0.5) is 0 Å². The van der Waals surface area contributed by atoms with E-state index in [9.17, 15) is 10.2 Å². The quantitative estimate of drug-likeness (QED) is 0.281. The molecule has 6 N–H and O–H groups in total. The molecule has 84 valence electrons. The molecule has 1 unspecified atom stereocenters. The number of rotatable bonds is 3. The zero-order chi connectivity index (χ0) is 10.9. The Labute approximate surface area is 79.8 Å². The molecule has 0 aromatic carbocycles. The van der Waals surface area contributed by atoms with Crippen molar-refractivity contribution in [2.45, 2.75) is 36.8 Å². The molecule has 7 nitrogen and oxygen atoms in total. The van der Waals surface area contributed by atoms with Crippen molar-refractivity contribution < 1.29 is 35.4 Å². The normalized spacial score (nSPS) is 42.4. The van der Waals surface area contributed by atoms with Crippen molar-refractivity contribution >= 4 is 0 Å². The first-order valence-electron chi connectivity index (χ1n) is 4.15. The first-order chi connectivity index (χ1) is 6.49. The van der Waals surface area contributed by atoms with Crippen LogP contribution in [-0.2, 0) is 4.74 Å². The van der Waals surface area contributed by atoms with Gasteiger partial charge >= 0.3 is 0 Å². The lowest BCUT2D eigenvalue weighted by atomic mass is 10.0. The van der Waals surface area contributed by atoms with Crippen molar-refractivity contribution in [3.63, 3.8) is 0 Å². The molecule has 14 heavy (non-hydrogen) atoms. The van der Waals surface area contributed by atoms with Gasteiger partial charge in [0, 0.05) is 0 Å². The van der Waals surface area contributed by atoms with Crippen LogP contribution in [0.15, 0.2) is 0 Å². The van der Waals surface area contributed by atoms with Gasteiger partial charge in [-0.25, -0.2) is 0 Å². The minimum Gasteiger partial charge on any atom is -0.394 e. The zero-order valence-electron chi connectivity index (χ0n) is 7.26. The highest BCUT2D eigenvalue weighted by Crippen LogP contribution is 2.23. The first kappa shape index (κ1) is 11.8. The van der Waals surface area contributed by atoms with Crippen molar-refractivity contribution in [3.05, 3.63) is 0 Å². The fraction of sp³-hybridized carbons (Fsp3) is 1.00. The summed E-state index contributed by atoms with van der Waals surface area (Å²) in [6.07, 6.45) is -9.01. The lowest BCUT2D eigenvalue weighted by Crippen LogP contribution is -2.46. The van der Waals surface area contributed by atoms with E-state index in [0.717, 1.165) is 0 Å². The van der Waals surface area contributed by atoms with E-state index in [1.54, 1.807) is 0 Å². The Bertz CT molecular complexity index is 187. The number of hydrogen-bond acceptors (Lipinski definition) is 7. The maximum Gasteiger partial charge on any atom is 0.184 e. The second-order valence-electron chi connectivity index (χ2n) is 3.21. The van der Waals surface area contributed by atoms with Gasteiger partial charge in [0.05, 0.1) is 6.61 Å². The highest BCUT2D eigenvalue weighted by atomic mass is 16.6. The Morgan fingerprint density at radius 2 is 1.64 bits per heavy atom. The number of aliphatic hydroxyl groups excluding tert-OH is 6. The predicted molar refractivity (Wildman–Crippen MR) is 42.0 cm³/mol. The van der Waals surface area contributed by atoms with Gasteiger partial charge in [-0.05, 0) is 0 Å². The number of aliphatic hydroxyl groups is 6. The number of ether oxygens (including phenoxy) is 1. The molecule has 0 radical (unpaired) electrons. The lowest BCUT2D eigenvalue weighted by Gasteiger charge is -2.23. The predicted octanol–water partition coefficient (Wildman–Crippen LogP) is -3.86. The van der Waals surface area contributed by atoms with E-state index < -0.39 is 43.4 Å². The molecular weight excluding hydrogens is 196 g/mol. The van der Waals surface area contributed by atoms with E-state index in [-0.39, 0.29) is 0 Å². The summed E-state index contributed by atoms with van der Waals surface area (Å²) in [5.74, 6) is 0. The van der Waals surface area contributed by atoms with E-state index in [1.165, 1.54) is 0 Å². The van der Waals surface area contributed by atoms with Crippen LogP contribution in [0.2, 0.25) is 0 Å². The van der Waals surface area contributed by atoms with Gasteiger partial charge in [-0.2, -0.15) is 0 Å². The summed E-state index contributed by atoms with van der Waals surface area (Å²) in [7, 11) is 0. The molecule has 0 spiro atoms. The molecule has 1 fully saturated rings. The maximum absolute atomic E-state index is 9.31. The van der Waals surface area contributed by atoms with Gasteiger partial charge in [-0.15, -0.1) is 0 Å². The summed E-state index contributed by atoms with van der Waals surface area (Å²) in [5.41, 5.74) is 0. The average Bonchev–Trinajstić information content (AvgIpc) is 2.43. The Kier molecular flexibility index (Phi) is 3.78. The standard InChI is InChI=1S/C7H14O7/c8-1-2(9)3(10)6-4(11)5(12)7(13)14-6/h2-13H,1H2/t2-,3+,4+,5+,6-,7?/m0/s1. The molecule has 0 aliphatic carbocycles. The third-order valence-corrected chi connectivity index (χ3v) is 2.19. The summed E-state index contributed by atoms with van der Waals surface area (Å²) in [6, 6.07) is 0. The van der Waals surface area contributed by atoms with Gasteiger partial charge in [-0.1, -0.05) is 0 Å². The third-order valence-electron chi connectivity index (χ3n) is 2.19. The van der Waals surface area contributed by atoms with Gasteiger partial charge < -0.3 is 35.4 Å². The van der Waals surface area contributed by atoms with Crippen molar-refractivity contribution in [2.75, 3.05) is 6.61 Å². The Balaban J connectivity index is 2.61. The topological polar surface area (TPSA) is 131 Å². The lowest BCUT2D eigenvalue weighted by molar-refractivity contribution is -0.164. The fourth-order valence-electron chi connectivity index (χ4n) is 1.29. The van der Waals surface area contributed by atoms with Crippen molar-refractivity contribution in [1.29, 1.82) is 0 Å². The first-order valence-corrected chi connectivity index (χ1v) is 4.15. The monoisotopic (exact) mass is 210 g/mol. The van der Waals surface area contributed by atoms with Gasteiger partial charge in [0.2, 0.25) is 0 Å². The number of hydrogen-bond donors (Lipinski definition) is 6. The Morgan fingerprint density at radius 3 is 2.00 bits per heavy atom. The maximum atomic E-state index is 9.31. The van der Waals surface area contributed by atoms with E-state index in [4.69, 9.17) is 20.4 Å².